The van der Waals surface area contributed by atoms with Crippen molar-refractivity contribution in [3.63, 3.8) is 0 Å². The lowest BCUT2D eigenvalue weighted by molar-refractivity contribution is -0.113. The topological polar surface area (TPSA) is 72.5 Å². The van der Waals surface area contributed by atoms with Crippen LogP contribution in [0.3, 0.4) is 0 Å². The molecule has 9 heteroatoms. The van der Waals surface area contributed by atoms with Crippen molar-refractivity contribution in [3.8, 4) is 16.9 Å². The zero-order chi connectivity index (χ0) is 26.9. The van der Waals surface area contributed by atoms with Crippen molar-refractivity contribution in [1.29, 1.82) is 0 Å². The highest BCUT2D eigenvalue weighted by Gasteiger charge is 2.35. The zero-order valence-electron chi connectivity index (χ0n) is 21.2. The van der Waals surface area contributed by atoms with E-state index in [-0.39, 0.29) is 11.5 Å². The van der Waals surface area contributed by atoms with Crippen LogP contribution in [0.25, 0.3) is 23.0 Å². The molecule has 0 aliphatic carbocycles. The van der Waals surface area contributed by atoms with Gasteiger partial charge in [-0.15, -0.1) is 11.3 Å². The number of amidine groups is 1. The lowest BCUT2D eigenvalue weighted by atomic mass is 10.2. The lowest BCUT2D eigenvalue weighted by Gasteiger charge is -2.14. The number of benzene rings is 3. The number of hydrogen-bond acceptors (Lipinski definition) is 6. The highest BCUT2D eigenvalue weighted by Crippen LogP contribution is 2.38. The Morgan fingerprint density at radius 1 is 0.846 bits per heavy atom. The molecule has 3 heterocycles. The minimum atomic E-state index is -0.143. The monoisotopic (exact) mass is 549 g/mol. The van der Waals surface area contributed by atoms with Crippen LogP contribution in [0.2, 0.25) is 0 Å². The molecule has 0 atom stereocenters. The maximum absolute atomic E-state index is 13.5. The van der Waals surface area contributed by atoms with E-state index in [1.54, 1.807) is 9.58 Å². The molecule has 1 aliphatic heterocycles. The molecule has 1 aliphatic rings. The highest BCUT2D eigenvalue weighted by molar-refractivity contribution is 8.19. The second-order valence-electron chi connectivity index (χ2n) is 8.84. The molecular formula is C30H23N5O2S2. The molecule has 6 rings (SSSR count). The number of carbonyl (C=O) groups excluding carboxylic acids is 1. The average Bonchev–Trinajstić information content (AvgIpc) is 3.60. The number of amides is 1. The Morgan fingerprint density at radius 2 is 1.46 bits per heavy atom. The van der Waals surface area contributed by atoms with E-state index in [9.17, 15) is 9.59 Å². The summed E-state index contributed by atoms with van der Waals surface area (Å²) in [7, 11) is 1.86. The smallest absolute Gasteiger partial charge is 0.281 e. The van der Waals surface area contributed by atoms with Crippen LogP contribution < -0.4 is 10.5 Å². The van der Waals surface area contributed by atoms with Crippen LogP contribution in [0.5, 0.6) is 0 Å². The molecule has 1 amide bonds. The number of thioether (sulfide) groups is 1. The molecule has 0 unspecified atom stereocenters. The summed E-state index contributed by atoms with van der Waals surface area (Å²) >= 11 is 2.65. The summed E-state index contributed by atoms with van der Waals surface area (Å²) in [5.41, 5.74) is 4.21. The van der Waals surface area contributed by atoms with Crippen molar-refractivity contribution in [2.75, 3.05) is 4.90 Å². The third-order valence-electron chi connectivity index (χ3n) is 6.41. The molecule has 5 aromatic rings. The number of rotatable bonds is 5. The van der Waals surface area contributed by atoms with E-state index < -0.39 is 0 Å². The molecule has 3 aromatic carbocycles. The van der Waals surface area contributed by atoms with Gasteiger partial charge in [-0.2, -0.15) is 4.99 Å². The number of nitrogens with zero attached hydrogens (tertiary/aromatic N) is 5. The van der Waals surface area contributed by atoms with Crippen molar-refractivity contribution in [2.24, 2.45) is 12.0 Å². The first kappa shape index (κ1) is 24.8. The Balaban J connectivity index is 1.40. The van der Waals surface area contributed by atoms with Gasteiger partial charge >= 0.3 is 0 Å². The Bertz CT molecular complexity index is 1790. The molecule has 39 heavy (non-hydrogen) atoms. The first-order valence-corrected chi connectivity index (χ1v) is 13.9. The van der Waals surface area contributed by atoms with Gasteiger partial charge in [0.2, 0.25) is 5.13 Å². The molecule has 7 nitrogen and oxygen atoms in total. The molecule has 2 aromatic heterocycles. The molecule has 192 valence electrons. The largest absolute Gasteiger partial charge is 0.285 e. The number of para-hydroxylation sites is 2. The summed E-state index contributed by atoms with van der Waals surface area (Å²) in [6.07, 6.45) is 1.87. The summed E-state index contributed by atoms with van der Waals surface area (Å²) in [6.45, 7) is 1.91. The Labute approximate surface area is 233 Å². The van der Waals surface area contributed by atoms with Gasteiger partial charge in [-0.3, -0.25) is 19.2 Å². The third kappa shape index (κ3) is 4.67. The minimum Gasteiger partial charge on any atom is -0.285 e. The minimum absolute atomic E-state index is 0.143. The van der Waals surface area contributed by atoms with E-state index in [0.29, 0.717) is 26.5 Å². The van der Waals surface area contributed by atoms with Gasteiger partial charge in [0.05, 0.1) is 27.5 Å². The van der Waals surface area contributed by atoms with E-state index in [1.807, 2.05) is 121 Å². The third-order valence-corrected chi connectivity index (χ3v) is 8.12. The number of carbonyl (C=O) groups is 1. The van der Waals surface area contributed by atoms with Gasteiger partial charge in [0.25, 0.3) is 11.5 Å². The molecule has 1 saturated heterocycles. The van der Waals surface area contributed by atoms with E-state index >= 15 is 0 Å². The molecule has 1 fully saturated rings. The SMILES string of the molecule is Cc1c(-c2csc(N=C3S/C(=C\c4ccccc4)C(=O)N3c3ccccc3)n2)c(=O)n(-c2ccccc2)n1C. The van der Waals surface area contributed by atoms with E-state index in [0.717, 1.165) is 22.6 Å². The summed E-state index contributed by atoms with van der Waals surface area (Å²) in [5, 5.41) is 2.82. The molecule has 0 saturated carbocycles. The van der Waals surface area contributed by atoms with E-state index in [1.165, 1.54) is 23.1 Å². The summed E-state index contributed by atoms with van der Waals surface area (Å²) < 4.78 is 3.47. The number of anilines is 1. The second-order valence-corrected chi connectivity index (χ2v) is 10.7. The van der Waals surface area contributed by atoms with Crippen molar-refractivity contribution >= 4 is 51.1 Å². The lowest BCUT2D eigenvalue weighted by Crippen LogP contribution is -2.28. The van der Waals surface area contributed by atoms with Crippen LogP contribution in [0.15, 0.2) is 111 Å². The van der Waals surface area contributed by atoms with E-state index in [4.69, 9.17) is 9.98 Å². The fourth-order valence-electron chi connectivity index (χ4n) is 4.43. The second kappa shape index (κ2) is 10.4. The van der Waals surface area contributed by atoms with Gasteiger partial charge in [0.15, 0.2) is 5.17 Å². The molecule has 0 bridgehead atoms. The van der Waals surface area contributed by atoms with Crippen LogP contribution in [-0.4, -0.2) is 25.4 Å². The predicted octanol–water partition coefficient (Wildman–Crippen LogP) is 6.42. The van der Waals surface area contributed by atoms with Gasteiger partial charge < -0.3 is 0 Å². The quantitative estimate of drug-likeness (QED) is 0.237. The van der Waals surface area contributed by atoms with Crippen molar-refractivity contribution in [3.05, 3.63) is 123 Å². The maximum Gasteiger partial charge on any atom is 0.281 e. The van der Waals surface area contributed by atoms with Crippen molar-refractivity contribution in [2.45, 2.75) is 6.92 Å². The maximum atomic E-state index is 13.5. The van der Waals surface area contributed by atoms with Gasteiger partial charge in [0.1, 0.15) is 0 Å². The molecule has 0 N–H and O–H groups in total. The number of aliphatic imine (C=N–C) groups is 1. The fourth-order valence-corrected chi connectivity index (χ4v) is 6.15. The molecule has 0 radical (unpaired) electrons. The zero-order valence-corrected chi connectivity index (χ0v) is 22.8. The van der Waals surface area contributed by atoms with Crippen molar-refractivity contribution in [1.82, 2.24) is 14.3 Å². The van der Waals surface area contributed by atoms with Crippen LogP contribution in [0.1, 0.15) is 11.3 Å². The van der Waals surface area contributed by atoms with Gasteiger partial charge in [-0.25, -0.2) is 9.67 Å². The normalized spacial score (nSPS) is 15.5. The number of hydrogen-bond donors (Lipinski definition) is 0. The van der Waals surface area contributed by atoms with Gasteiger partial charge in [-0.1, -0.05) is 66.7 Å². The van der Waals surface area contributed by atoms with Crippen LogP contribution >= 0.6 is 23.1 Å². The fraction of sp³-hybridized carbons (Fsp3) is 0.0667. The molecule has 0 spiro atoms. The summed E-state index contributed by atoms with van der Waals surface area (Å²) in [5.74, 6) is -0.143. The Morgan fingerprint density at radius 3 is 2.13 bits per heavy atom. The summed E-state index contributed by atoms with van der Waals surface area (Å²) in [6, 6.07) is 28.7. The highest BCUT2D eigenvalue weighted by atomic mass is 32.2. The average molecular weight is 550 g/mol. The molecular weight excluding hydrogens is 526 g/mol. The van der Waals surface area contributed by atoms with Crippen LogP contribution in [0, 0.1) is 6.92 Å². The predicted molar refractivity (Wildman–Crippen MR) is 160 cm³/mol. The van der Waals surface area contributed by atoms with Gasteiger partial charge in [-0.05, 0) is 54.6 Å². The van der Waals surface area contributed by atoms with Crippen LogP contribution in [0.4, 0.5) is 10.8 Å². The number of thiazole rings is 1. The Kier molecular flexibility index (Phi) is 6.60. The Hall–Kier alpha value is -4.47. The first-order chi connectivity index (χ1) is 19.0. The van der Waals surface area contributed by atoms with Crippen molar-refractivity contribution < 1.29 is 4.79 Å². The van der Waals surface area contributed by atoms with E-state index in [2.05, 4.69) is 0 Å². The summed E-state index contributed by atoms with van der Waals surface area (Å²) in [4.78, 5) is 38.6. The standard InChI is InChI=1S/C30H23N5O2S2/c1-20-26(28(37)35(33(20)2)23-16-10-5-11-17-23)24-19-38-29(31-24)32-30-34(22-14-8-4-9-15-22)27(36)25(39-30)18-21-12-6-3-7-13-21/h3-19H,1-2H3/b25-18-,32-30?. The van der Waals surface area contributed by atoms with Crippen LogP contribution in [-0.2, 0) is 11.8 Å². The van der Waals surface area contributed by atoms with Gasteiger partial charge in [0, 0.05) is 18.1 Å². The first-order valence-electron chi connectivity index (χ1n) is 12.2. The number of aromatic nitrogens is 3.